The van der Waals surface area contributed by atoms with Gasteiger partial charge in [0.1, 0.15) is 18.5 Å². The van der Waals surface area contributed by atoms with Crippen molar-refractivity contribution in [2.75, 3.05) is 13.2 Å². The summed E-state index contributed by atoms with van der Waals surface area (Å²) in [4.78, 5) is 12.7. The second kappa shape index (κ2) is 8.79. The van der Waals surface area contributed by atoms with Crippen molar-refractivity contribution < 1.29 is 14.6 Å². The third-order valence-electron chi connectivity index (χ3n) is 4.60. The first-order valence-electron chi connectivity index (χ1n) is 8.97. The van der Waals surface area contributed by atoms with Crippen LogP contribution in [0.4, 0.5) is 0 Å². The topological polar surface area (TPSA) is 58.6 Å². The van der Waals surface area contributed by atoms with Crippen LogP contribution in [-0.2, 0) is 0 Å². The van der Waals surface area contributed by atoms with Crippen molar-refractivity contribution in [1.29, 1.82) is 0 Å². The number of ketones is 1. The van der Waals surface area contributed by atoms with Gasteiger partial charge >= 0.3 is 0 Å². The molecule has 0 bridgehead atoms. The van der Waals surface area contributed by atoms with Crippen molar-refractivity contribution >= 4 is 5.78 Å². The SMILES string of the molecule is O=C(c1ccccc1)c1ccccc1OC[C@@H](O)CNC1CCCC1. The van der Waals surface area contributed by atoms with Crippen molar-refractivity contribution in [2.45, 2.75) is 37.8 Å². The molecule has 1 aliphatic rings. The lowest BCUT2D eigenvalue weighted by Crippen LogP contribution is -2.36. The number of para-hydroxylation sites is 1. The molecule has 0 spiro atoms. The Labute approximate surface area is 148 Å². The number of aliphatic hydroxyl groups excluding tert-OH is 1. The van der Waals surface area contributed by atoms with E-state index in [9.17, 15) is 9.90 Å². The Morgan fingerprint density at radius 3 is 2.52 bits per heavy atom. The Balaban J connectivity index is 1.58. The van der Waals surface area contributed by atoms with E-state index in [1.54, 1.807) is 24.3 Å². The zero-order chi connectivity index (χ0) is 17.5. The summed E-state index contributed by atoms with van der Waals surface area (Å²) in [5, 5.41) is 13.5. The number of carbonyl (C=O) groups excluding carboxylic acids is 1. The van der Waals surface area contributed by atoms with Crippen molar-refractivity contribution in [3.63, 3.8) is 0 Å². The molecular weight excluding hydrogens is 314 g/mol. The highest BCUT2D eigenvalue weighted by molar-refractivity contribution is 6.10. The van der Waals surface area contributed by atoms with Crippen molar-refractivity contribution in [3.05, 3.63) is 65.7 Å². The summed E-state index contributed by atoms with van der Waals surface area (Å²) in [5.41, 5.74) is 1.15. The predicted octanol–water partition coefficient (Wildman–Crippen LogP) is 3.19. The van der Waals surface area contributed by atoms with E-state index in [-0.39, 0.29) is 12.4 Å². The van der Waals surface area contributed by atoms with E-state index < -0.39 is 6.10 Å². The van der Waals surface area contributed by atoms with Crippen LogP contribution in [-0.4, -0.2) is 36.2 Å². The van der Waals surface area contributed by atoms with Crippen LogP contribution in [0.3, 0.4) is 0 Å². The molecule has 0 saturated heterocycles. The molecule has 4 nitrogen and oxygen atoms in total. The summed E-state index contributed by atoms with van der Waals surface area (Å²) in [6.45, 7) is 0.679. The Morgan fingerprint density at radius 1 is 1.08 bits per heavy atom. The van der Waals surface area contributed by atoms with E-state index in [4.69, 9.17) is 4.74 Å². The summed E-state index contributed by atoms with van der Waals surface area (Å²) >= 11 is 0. The van der Waals surface area contributed by atoms with Crippen LogP contribution in [0, 0.1) is 0 Å². The van der Waals surface area contributed by atoms with Crippen molar-refractivity contribution in [3.8, 4) is 5.75 Å². The number of hydrogen-bond acceptors (Lipinski definition) is 4. The number of nitrogens with one attached hydrogen (secondary N) is 1. The standard InChI is InChI=1S/C21H25NO3/c23-18(14-22-17-10-4-5-11-17)15-25-20-13-7-6-12-19(20)21(24)16-8-2-1-3-9-16/h1-3,6-9,12-13,17-18,22-23H,4-5,10-11,14-15H2/t18-/m0/s1. The molecule has 132 valence electrons. The van der Waals surface area contributed by atoms with Crippen LogP contribution < -0.4 is 10.1 Å². The number of ether oxygens (including phenoxy) is 1. The second-order valence-electron chi connectivity index (χ2n) is 6.55. The Kier molecular flexibility index (Phi) is 6.20. The Morgan fingerprint density at radius 2 is 1.76 bits per heavy atom. The molecule has 0 heterocycles. The average molecular weight is 339 g/mol. The van der Waals surface area contributed by atoms with Crippen molar-refractivity contribution in [2.24, 2.45) is 0 Å². The molecule has 2 N–H and O–H groups in total. The van der Waals surface area contributed by atoms with E-state index >= 15 is 0 Å². The number of hydrogen-bond donors (Lipinski definition) is 2. The molecule has 1 atom stereocenters. The van der Waals surface area contributed by atoms with E-state index in [1.165, 1.54) is 25.7 Å². The fraction of sp³-hybridized carbons (Fsp3) is 0.381. The van der Waals surface area contributed by atoms with Gasteiger partial charge in [0.2, 0.25) is 0 Å². The summed E-state index contributed by atoms with van der Waals surface area (Å²) < 4.78 is 5.75. The Hall–Kier alpha value is -2.17. The average Bonchev–Trinajstić information content (AvgIpc) is 3.19. The van der Waals surface area contributed by atoms with Crippen LogP contribution in [0.5, 0.6) is 5.75 Å². The second-order valence-corrected chi connectivity index (χ2v) is 6.55. The molecule has 2 aromatic carbocycles. The summed E-state index contributed by atoms with van der Waals surface area (Å²) in [5.74, 6) is 0.436. The minimum Gasteiger partial charge on any atom is -0.490 e. The van der Waals surface area contributed by atoms with Crippen LogP contribution >= 0.6 is 0 Å². The van der Waals surface area contributed by atoms with Gasteiger partial charge in [0.25, 0.3) is 0 Å². The fourth-order valence-corrected chi connectivity index (χ4v) is 3.20. The number of aliphatic hydroxyl groups is 1. The smallest absolute Gasteiger partial charge is 0.196 e. The molecule has 2 aromatic rings. The maximum absolute atomic E-state index is 12.7. The van der Waals surface area contributed by atoms with Gasteiger partial charge in [0.05, 0.1) is 5.56 Å². The highest BCUT2D eigenvalue weighted by Gasteiger charge is 2.17. The largest absolute Gasteiger partial charge is 0.490 e. The first-order valence-corrected chi connectivity index (χ1v) is 8.97. The predicted molar refractivity (Wildman–Crippen MR) is 98.1 cm³/mol. The quantitative estimate of drug-likeness (QED) is 0.725. The number of carbonyl (C=O) groups is 1. The third-order valence-corrected chi connectivity index (χ3v) is 4.60. The van der Waals surface area contributed by atoms with Gasteiger partial charge in [-0.2, -0.15) is 0 Å². The normalized spacial score (nSPS) is 15.9. The van der Waals surface area contributed by atoms with Crippen molar-refractivity contribution in [1.82, 2.24) is 5.32 Å². The van der Waals surface area contributed by atoms with E-state index in [0.29, 0.717) is 29.5 Å². The molecule has 3 rings (SSSR count). The molecule has 1 saturated carbocycles. The molecular formula is C21H25NO3. The summed E-state index contributed by atoms with van der Waals surface area (Å²) in [6.07, 6.45) is 4.29. The first-order chi connectivity index (χ1) is 12.2. The highest BCUT2D eigenvalue weighted by atomic mass is 16.5. The maximum Gasteiger partial charge on any atom is 0.196 e. The van der Waals surface area contributed by atoms with Gasteiger partial charge in [-0.3, -0.25) is 4.79 Å². The fourth-order valence-electron chi connectivity index (χ4n) is 3.20. The number of benzene rings is 2. The van der Waals surface area contributed by atoms with Crippen LogP contribution in [0.25, 0.3) is 0 Å². The molecule has 0 unspecified atom stereocenters. The van der Waals surface area contributed by atoms with E-state index in [1.807, 2.05) is 30.3 Å². The molecule has 4 heteroatoms. The minimum absolute atomic E-state index is 0.0743. The molecule has 1 fully saturated rings. The van der Waals surface area contributed by atoms with E-state index in [0.717, 1.165) is 0 Å². The minimum atomic E-state index is -0.597. The molecule has 0 amide bonds. The maximum atomic E-state index is 12.7. The van der Waals surface area contributed by atoms with Gasteiger partial charge in [0, 0.05) is 18.2 Å². The van der Waals surface area contributed by atoms with Gasteiger partial charge in [-0.1, -0.05) is 55.3 Å². The van der Waals surface area contributed by atoms with Crippen LogP contribution in [0.15, 0.2) is 54.6 Å². The van der Waals surface area contributed by atoms with Gasteiger partial charge in [-0.15, -0.1) is 0 Å². The zero-order valence-corrected chi connectivity index (χ0v) is 14.4. The molecule has 0 aromatic heterocycles. The highest BCUT2D eigenvalue weighted by Crippen LogP contribution is 2.22. The first kappa shape index (κ1) is 17.6. The lowest BCUT2D eigenvalue weighted by atomic mass is 10.0. The zero-order valence-electron chi connectivity index (χ0n) is 14.4. The van der Waals surface area contributed by atoms with Crippen LogP contribution in [0.1, 0.15) is 41.6 Å². The van der Waals surface area contributed by atoms with Gasteiger partial charge in [0.15, 0.2) is 5.78 Å². The monoisotopic (exact) mass is 339 g/mol. The van der Waals surface area contributed by atoms with Crippen LogP contribution in [0.2, 0.25) is 0 Å². The molecule has 0 radical (unpaired) electrons. The molecule has 1 aliphatic carbocycles. The van der Waals surface area contributed by atoms with Gasteiger partial charge in [-0.05, 0) is 25.0 Å². The summed E-state index contributed by atoms with van der Waals surface area (Å²) in [7, 11) is 0. The van der Waals surface area contributed by atoms with Gasteiger partial charge < -0.3 is 15.2 Å². The van der Waals surface area contributed by atoms with Gasteiger partial charge in [-0.25, -0.2) is 0 Å². The third kappa shape index (κ3) is 4.91. The lowest BCUT2D eigenvalue weighted by molar-refractivity contribution is 0.0978. The lowest BCUT2D eigenvalue weighted by Gasteiger charge is -2.17. The molecule has 0 aliphatic heterocycles. The number of rotatable bonds is 8. The summed E-state index contributed by atoms with van der Waals surface area (Å²) in [6, 6.07) is 16.8. The van der Waals surface area contributed by atoms with E-state index in [2.05, 4.69) is 5.32 Å². The molecule has 25 heavy (non-hydrogen) atoms. The Bertz CT molecular complexity index is 681.